The van der Waals surface area contributed by atoms with E-state index in [1.165, 1.54) is 0 Å². The zero-order chi connectivity index (χ0) is 18.7. The highest BCUT2D eigenvalue weighted by Crippen LogP contribution is 2.18. The molecule has 0 heterocycles. The summed E-state index contributed by atoms with van der Waals surface area (Å²) in [6.45, 7) is 3.59. The molecule has 0 saturated carbocycles. The molecular formula is C18H16F3NO3. The van der Waals surface area contributed by atoms with E-state index in [4.69, 9.17) is 0 Å². The van der Waals surface area contributed by atoms with Gasteiger partial charge in [0, 0.05) is 18.6 Å². The van der Waals surface area contributed by atoms with Gasteiger partial charge in [-0.05, 0) is 30.5 Å². The zero-order valence-electron chi connectivity index (χ0n) is 13.6. The summed E-state index contributed by atoms with van der Waals surface area (Å²) in [6, 6.07) is 4.73. The van der Waals surface area contributed by atoms with E-state index in [0.717, 1.165) is 16.7 Å². The van der Waals surface area contributed by atoms with E-state index in [1.807, 2.05) is 6.07 Å². The fourth-order valence-corrected chi connectivity index (χ4v) is 2.56. The van der Waals surface area contributed by atoms with Crippen molar-refractivity contribution in [3.8, 4) is 0 Å². The van der Waals surface area contributed by atoms with Crippen LogP contribution in [0.3, 0.4) is 0 Å². The minimum absolute atomic E-state index is 0.0516. The number of nitrogens with one attached hydrogen (secondary N) is 1. The molecule has 2 N–H and O–H groups in total. The van der Waals surface area contributed by atoms with Crippen LogP contribution >= 0.6 is 0 Å². The summed E-state index contributed by atoms with van der Waals surface area (Å²) >= 11 is 0. The van der Waals surface area contributed by atoms with Crippen LogP contribution < -0.4 is 5.32 Å². The van der Waals surface area contributed by atoms with Crippen molar-refractivity contribution in [2.45, 2.75) is 26.3 Å². The molecule has 2 aromatic carbocycles. The fourth-order valence-electron chi connectivity index (χ4n) is 2.56. The molecule has 1 atom stereocenters. The van der Waals surface area contributed by atoms with Gasteiger partial charge in [0.2, 0.25) is 0 Å². The summed E-state index contributed by atoms with van der Waals surface area (Å²) in [5, 5.41) is 11.4. The number of hydrogen-bond acceptors (Lipinski definition) is 2. The maximum absolute atomic E-state index is 13.7. The number of hydrogen-bond donors (Lipinski definition) is 2. The number of carboxylic acid groups (broad SMARTS) is 1. The van der Waals surface area contributed by atoms with Gasteiger partial charge in [-0.25, -0.2) is 18.0 Å². The van der Waals surface area contributed by atoms with Crippen LogP contribution in [0.2, 0.25) is 0 Å². The van der Waals surface area contributed by atoms with Crippen molar-refractivity contribution in [3.63, 3.8) is 0 Å². The Bertz CT molecular complexity index is 793. The number of benzene rings is 2. The fraction of sp³-hybridized carbons (Fsp3) is 0.222. The molecule has 0 aliphatic carbocycles. The van der Waals surface area contributed by atoms with E-state index in [-0.39, 0.29) is 6.42 Å². The highest BCUT2D eigenvalue weighted by atomic mass is 19.1. The topological polar surface area (TPSA) is 66.4 Å². The van der Waals surface area contributed by atoms with Crippen LogP contribution in [-0.2, 0) is 11.2 Å². The Morgan fingerprint density at radius 1 is 1.08 bits per heavy atom. The van der Waals surface area contributed by atoms with Gasteiger partial charge in [-0.2, -0.15) is 0 Å². The minimum atomic E-state index is -1.40. The van der Waals surface area contributed by atoms with Crippen LogP contribution in [-0.4, -0.2) is 23.0 Å². The molecule has 1 amide bonds. The van der Waals surface area contributed by atoms with Crippen molar-refractivity contribution in [2.75, 3.05) is 0 Å². The van der Waals surface area contributed by atoms with Gasteiger partial charge in [-0.15, -0.1) is 0 Å². The molecule has 7 heteroatoms. The minimum Gasteiger partial charge on any atom is -0.480 e. The zero-order valence-corrected chi connectivity index (χ0v) is 13.6. The summed E-state index contributed by atoms with van der Waals surface area (Å²) in [5.41, 5.74) is 1.36. The lowest BCUT2D eigenvalue weighted by Gasteiger charge is -2.18. The van der Waals surface area contributed by atoms with E-state index in [0.29, 0.717) is 12.1 Å². The van der Waals surface area contributed by atoms with Crippen molar-refractivity contribution < 1.29 is 27.9 Å². The van der Waals surface area contributed by atoms with E-state index in [9.17, 15) is 27.9 Å². The number of carboxylic acids is 1. The first kappa shape index (κ1) is 18.5. The second kappa shape index (κ2) is 7.38. The van der Waals surface area contributed by atoms with Crippen LogP contribution in [0.1, 0.15) is 27.0 Å². The molecule has 0 aliphatic heterocycles. The first-order chi connectivity index (χ1) is 11.7. The maximum atomic E-state index is 13.7. The van der Waals surface area contributed by atoms with Crippen LogP contribution in [0.5, 0.6) is 0 Å². The van der Waals surface area contributed by atoms with Gasteiger partial charge in [-0.1, -0.05) is 18.2 Å². The second-order valence-corrected chi connectivity index (χ2v) is 5.68. The molecule has 132 valence electrons. The largest absolute Gasteiger partial charge is 0.480 e. The van der Waals surface area contributed by atoms with Crippen molar-refractivity contribution in [1.29, 1.82) is 0 Å². The number of halogens is 3. The monoisotopic (exact) mass is 351 g/mol. The van der Waals surface area contributed by atoms with Crippen LogP contribution in [0.15, 0.2) is 30.3 Å². The smallest absolute Gasteiger partial charge is 0.326 e. The van der Waals surface area contributed by atoms with E-state index in [1.54, 1.807) is 26.0 Å². The van der Waals surface area contributed by atoms with Gasteiger partial charge in [0.1, 0.15) is 29.1 Å². The molecule has 2 aromatic rings. The summed E-state index contributed by atoms with van der Waals surface area (Å²) in [4.78, 5) is 23.6. The lowest BCUT2D eigenvalue weighted by atomic mass is 9.96. The molecule has 0 aliphatic rings. The normalized spacial score (nSPS) is 11.9. The van der Waals surface area contributed by atoms with Gasteiger partial charge >= 0.3 is 5.97 Å². The Labute approximate surface area is 142 Å². The quantitative estimate of drug-likeness (QED) is 0.870. The van der Waals surface area contributed by atoms with Crippen molar-refractivity contribution >= 4 is 11.9 Å². The molecule has 4 nitrogen and oxygen atoms in total. The number of aryl methyl sites for hydroxylation is 2. The lowest BCUT2D eigenvalue weighted by Crippen LogP contribution is -2.43. The third-order valence-corrected chi connectivity index (χ3v) is 3.89. The molecule has 0 fully saturated rings. The molecule has 0 unspecified atom stereocenters. The van der Waals surface area contributed by atoms with Gasteiger partial charge in [0.05, 0.1) is 0 Å². The summed E-state index contributed by atoms with van der Waals surface area (Å²) in [5.74, 6) is -6.57. The average molecular weight is 351 g/mol. The lowest BCUT2D eigenvalue weighted by molar-refractivity contribution is -0.139. The number of carbonyl (C=O) groups excluding carboxylic acids is 1. The predicted octanol–water partition coefficient (Wildman–Crippen LogP) is 3.15. The standard InChI is InChI=1S/C18H16F3NO3/c1-9-4-3-5-10(2)12(9)8-15(18(24)25)22-17(23)16-13(20)6-11(19)7-14(16)21/h3-7,15H,8H2,1-2H3,(H,22,23)(H,24,25)/t15-/m0/s1. The SMILES string of the molecule is Cc1cccc(C)c1C[C@H](NC(=O)c1c(F)cc(F)cc1F)C(=O)O. The third-order valence-electron chi connectivity index (χ3n) is 3.89. The number of amides is 1. The summed E-state index contributed by atoms with van der Waals surface area (Å²) in [7, 11) is 0. The molecule has 0 radical (unpaired) electrons. The van der Waals surface area contributed by atoms with E-state index in [2.05, 4.69) is 5.32 Å². The molecule has 0 saturated heterocycles. The van der Waals surface area contributed by atoms with Crippen molar-refractivity contribution in [3.05, 3.63) is 70.0 Å². The Balaban J connectivity index is 2.28. The first-order valence-corrected chi connectivity index (χ1v) is 7.44. The number of rotatable bonds is 5. The number of aliphatic carboxylic acids is 1. The van der Waals surface area contributed by atoms with Gasteiger partial charge in [-0.3, -0.25) is 4.79 Å². The molecule has 2 rings (SSSR count). The first-order valence-electron chi connectivity index (χ1n) is 7.44. The second-order valence-electron chi connectivity index (χ2n) is 5.68. The predicted molar refractivity (Wildman–Crippen MR) is 84.8 cm³/mol. The van der Waals surface area contributed by atoms with Gasteiger partial charge < -0.3 is 10.4 Å². The van der Waals surface area contributed by atoms with Crippen LogP contribution in [0.4, 0.5) is 13.2 Å². The third kappa shape index (κ3) is 4.17. The maximum Gasteiger partial charge on any atom is 0.326 e. The van der Waals surface area contributed by atoms with Gasteiger partial charge in [0.15, 0.2) is 0 Å². The van der Waals surface area contributed by atoms with E-state index < -0.39 is 40.9 Å². The Hall–Kier alpha value is -2.83. The Morgan fingerprint density at radius 2 is 1.60 bits per heavy atom. The molecule has 25 heavy (non-hydrogen) atoms. The number of carbonyl (C=O) groups is 2. The molecular weight excluding hydrogens is 335 g/mol. The summed E-state index contributed by atoms with van der Waals surface area (Å²) < 4.78 is 40.3. The molecule has 0 spiro atoms. The van der Waals surface area contributed by atoms with Gasteiger partial charge in [0.25, 0.3) is 5.91 Å². The van der Waals surface area contributed by atoms with E-state index >= 15 is 0 Å². The molecule has 0 aromatic heterocycles. The Kier molecular flexibility index (Phi) is 5.46. The highest BCUT2D eigenvalue weighted by molar-refractivity contribution is 5.97. The van der Waals surface area contributed by atoms with Crippen LogP contribution in [0.25, 0.3) is 0 Å². The summed E-state index contributed by atoms with van der Waals surface area (Å²) in [6.07, 6.45) is -0.0516. The van der Waals surface area contributed by atoms with Crippen molar-refractivity contribution in [1.82, 2.24) is 5.32 Å². The molecule has 0 bridgehead atoms. The van der Waals surface area contributed by atoms with Crippen LogP contribution in [0, 0.1) is 31.3 Å². The highest BCUT2D eigenvalue weighted by Gasteiger charge is 2.26. The van der Waals surface area contributed by atoms with Crippen molar-refractivity contribution in [2.24, 2.45) is 0 Å². The average Bonchev–Trinajstić information content (AvgIpc) is 2.48. The Morgan fingerprint density at radius 3 is 2.08 bits per heavy atom.